The molecule has 9 nitrogen and oxygen atoms in total. The summed E-state index contributed by atoms with van der Waals surface area (Å²) < 4.78 is 32.7. The van der Waals surface area contributed by atoms with Crippen LogP contribution in [0.4, 0.5) is 11.4 Å². The Balaban J connectivity index is 1.77. The summed E-state index contributed by atoms with van der Waals surface area (Å²) in [5.41, 5.74) is 1.62. The van der Waals surface area contributed by atoms with Crippen molar-refractivity contribution < 1.29 is 22.9 Å². The second kappa shape index (κ2) is 9.03. The maximum Gasteiger partial charge on any atom is 0.271 e. The van der Waals surface area contributed by atoms with Crippen LogP contribution in [0.2, 0.25) is 0 Å². The number of aryl methyl sites for hydroxylation is 2. The van der Waals surface area contributed by atoms with Crippen LogP contribution in [0.1, 0.15) is 24.0 Å². The zero-order valence-electron chi connectivity index (χ0n) is 17.6. The smallest absolute Gasteiger partial charge is 0.271 e. The van der Waals surface area contributed by atoms with Crippen molar-refractivity contribution in [1.29, 1.82) is 0 Å². The van der Waals surface area contributed by atoms with Crippen molar-refractivity contribution >= 4 is 27.3 Å². The number of methoxy groups -OCH3 is 1. The van der Waals surface area contributed by atoms with Crippen molar-refractivity contribution in [3.05, 3.63) is 57.6 Å². The van der Waals surface area contributed by atoms with E-state index in [2.05, 4.69) is 5.32 Å². The van der Waals surface area contributed by atoms with E-state index in [1.54, 1.807) is 32.0 Å². The molecule has 0 aromatic heterocycles. The lowest BCUT2D eigenvalue weighted by Crippen LogP contribution is -2.43. The molecule has 0 spiro atoms. The van der Waals surface area contributed by atoms with Gasteiger partial charge in [0.2, 0.25) is 15.9 Å². The van der Waals surface area contributed by atoms with E-state index in [0.717, 1.165) is 0 Å². The van der Waals surface area contributed by atoms with Gasteiger partial charge in [-0.3, -0.25) is 14.9 Å². The third-order valence-electron chi connectivity index (χ3n) is 5.45. The van der Waals surface area contributed by atoms with Gasteiger partial charge in [-0.05, 0) is 56.0 Å². The van der Waals surface area contributed by atoms with Crippen LogP contribution in [0, 0.1) is 29.9 Å². The van der Waals surface area contributed by atoms with Crippen molar-refractivity contribution in [2.45, 2.75) is 31.6 Å². The molecule has 1 fully saturated rings. The Morgan fingerprint density at radius 1 is 1.19 bits per heavy atom. The first-order valence-corrected chi connectivity index (χ1v) is 11.3. The molecule has 2 aromatic carbocycles. The summed E-state index contributed by atoms with van der Waals surface area (Å²) in [6, 6.07) is 8.92. The normalized spacial score (nSPS) is 17.2. The van der Waals surface area contributed by atoms with Gasteiger partial charge in [0, 0.05) is 25.2 Å². The molecule has 1 saturated heterocycles. The van der Waals surface area contributed by atoms with E-state index < -0.39 is 20.9 Å². The predicted molar refractivity (Wildman–Crippen MR) is 116 cm³/mol. The monoisotopic (exact) mass is 447 g/mol. The average molecular weight is 448 g/mol. The zero-order valence-corrected chi connectivity index (χ0v) is 18.4. The molecule has 1 amide bonds. The fourth-order valence-corrected chi connectivity index (χ4v) is 5.24. The van der Waals surface area contributed by atoms with Gasteiger partial charge in [0.25, 0.3) is 5.69 Å². The molecule has 2 aromatic rings. The molecule has 166 valence electrons. The molecule has 1 N–H and O–H groups in total. The van der Waals surface area contributed by atoms with Crippen LogP contribution in [-0.2, 0) is 14.8 Å². The number of ether oxygens (including phenoxy) is 1. The average Bonchev–Trinajstić information content (AvgIpc) is 2.75. The summed E-state index contributed by atoms with van der Waals surface area (Å²) in [5, 5.41) is 13.7. The van der Waals surface area contributed by atoms with Crippen LogP contribution in [0.5, 0.6) is 5.75 Å². The van der Waals surface area contributed by atoms with Gasteiger partial charge in [-0.15, -0.1) is 0 Å². The fraction of sp³-hybridized carbons (Fsp3) is 0.381. The summed E-state index contributed by atoms with van der Waals surface area (Å²) in [5.74, 6) is -0.307. The molecule has 3 rings (SSSR count). The van der Waals surface area contributed by atoms with Crippen molar-refractivity contribution in [3.8, 4) is 5.75 Å². The molecule has 0 aliphatic carbocycles. The minimum atomic E-state index is -3.77. The fourth-order valence-electron chi connectivity index (χ4n) is 3.63. The Bertz CT molecular complexity index is 1120. The topological polar surface area (TPSA) is 119 Å². The largest absolute Gasteiger partial charge is 0.496 e. The van der Waals surface area contributed by atoms with Crippen molar-refractivity contribution in [2.75, 3.05) is 25.5 Å². The number of non-ortho nitro benzene ring substituents is 1. The summed E-state index contributed by atoms with van der Waals surface area (Å²) >= 11 is 0. The van der Waals surface area contributed by atoms with Crippen LogP contribution >= 0.6 is 0 Å². The number of carbonyl (C=O) groups is 1. The number of hydrogen-bond donors (Lipinski definition) is 1. The van der Waals surface area contributed by atoms with Gasteiger partial charge in [-0.2, -0.15) is 4.31 Å². The number of hydrogen-bond acceptors (Lipinski definition) is 6. The van der Waals surface area contributed by atoms with Gasteiger partial charge in [0.1, 0.15) is 5.75 Å². The number of nitro benzene ring substituents is 1. The summed E-state index contributed by atoms with van der Waals surface area (Å²) in [6.07, 6.45) is 1.08. The molecule has 0 radical (unpaired) electrons. The van der Waals surface area contributed by atoms with Crippen LogP contribution in [0.25, 0.3) is 0 Å². The number of nitrogens with one attached hydrogen (secondary N) is 1. The van der Waals surface area contributed by atoms with Gasteiger partial charge in [-0.1, -0.05) is 6.07 Å². The summed E-state index contributed by atoms with van der Waals surface area (Å²) in [4.78, 5) is 23.5. The molecule has 10 heteroatoms. The van der Waals surface area contributed by atoms with E-state index in [0.29, 0.717) is 42.0 Å². The summed E-state index contributed by atoms with van der Waals surface area (Å²) in [6.45, 7) is 3.88. The van der Waals surface area contributed by atoms with E-state index in [-0.39, 0.29) is 23.0 Å². The highest BCUT2D eigenvalue weighted by Gasteiger charge is 2.33. The minimum Gasteiger partial charge on any atom is -0.496 e. The zero-order chi connectivity index (χ0) is 22.8. The van der Waals surface area contributed by atoms with Gasteiger partial charge < -0.3 is 10.1 Å². The van der Waals surface area contributed by atoms with Crippen LogP contribution in [-0.4, -0.2) is 43.8 Å². The molecule has 0 bridgehead atoms. The van der Waals surface area contributed by atoms with Gasteiger partial charge in [0.15, 0.2) is 0 Å². The van der Waals surface area contributed by atoms with E-state index in [1.165, 1.54) is 29.6 Å². The lowest BCUT2D eigenvalue weighted by Gasteiger charge is -2.31. The van der Waals surface area contributed by atoms with E-state index in [9.17, 15) is 23.3 Å². The molecule has 1 aliphatic heterocycles. The van der Waals surface area contributed by atoms with Gasteiger partial charge in [0.05, 0.1) is 28.5 Å². The number of sulfonamides is 1. The van der Waals surface area contributed by atoms with Gasteiger partial charge in [-0.25, -0.2) is 8.42 Å². The lowest BCUT2D eigenvalue weighted by atomic mass is 9.98. The summed E-state index contributed by atoms with van der Waals surface area (Å²) in [7, 11) is -2.25. The molecule has 1 aliphatic rings. The lowest BCUT2D eigenvalue weighted by molar-refractivity contribution is -0.384. The maximum atomic E-state index is 13.1. The van der Waals surface area contributed by atoms with E-state index in [1.807, 2.05) is 0 Å². The van der Waals surface area contributed by atoms with Gasteiger partial charge >= 0.3 is 0 Å². The number of carbonyl (C=O) groups excluding carboxylic acids is 1. The molecule has 0 saturated carbocycles. The maximum absolute atomic E-state index is 13.1. The predicted octanol–water partition coefficient (Wildman–Crippen LogP) is 3.26. The standard InChI is InChI=1S/C21H25N3O6S/c1-14-6-7-17(24(26)27)12-19(14)22-21(25)16-5-4-10-23(13-16)31(28,29)18-8-9-20(30-3)15(2)11-18/h6-9,11-12,16H,4-5,10,13H2,1-3H3,(H,22,25)/t16-/m0/s1. The number of nitrogens with zero attached hydrogens (tertiary/aromatic N) is 2. The molecule has 1 atom stereocenters. The van der Waals surface area contributed by atoms with Crippen molar-refractivity contribution in [3.63, 3.8) is 0 Å². The highest BCUT2D eigenvalue weighted by molar-refractivity contribution is 7.89. The second-order valence-corrected chi connectivity index (χ2v) is 9.52. The number of benzene rings is 2. The first kappa shape index (κ1) is 22.7. The van der Waals surface area contributed by atoms with Crippen molar-refractivity contribution in [2.24, 2.45) is 5.92 Å². The third-order valence-corrected chi connectivity index (χ3v) is 7.31. The number of amides is 1. The van der Waals surface area contributed by atoms with Crippen molar-refractivity contribution in [1.82, 2.24) is 4.31 Å². The van der Waals surface area contributed by atoms with Crippen LogP contribution in [0.3, 0.4) is 0 Å². The first-order chi connectivity index (χ1) is 14.6. The Hall–Kier alpha value is -2.98. The number of anilines is 1. The minimum absolute atomic E-state index is 0.0488. The van der Waals surface area contributed by atoms with E-state index in [4.69, 9.17) is 4.74 Å². The molecule has 1 heterocycles. The Kier molecular flexibility index (Phi) is 6.61. The number of piperidine rings is 1. The SMILES string of the molecule is COc1ccc(S(=O)(=O)N2CCC[C@H](C(=O)Nc3cc([N+](=O)[O-])ccc3C)C2)cc1C. The second-order valence-electron chi connectivity index (χ2n) is 7.58. The number of nitro groups is 1. The highest BCUT2D eigenvalue weighted by atomic mass is 32.2. The molecular formula is C21H25N3O6S. The third kappa shape index (κ3) is 4.86. The first-order valence-electron chi connectivity index (χ1n) is 9.84. The van der Waals surface area contributed by atoms with Crippen LogP contribution in [0.15, 0.2) is 41.3 Å². The van der Waals surface area contributed by atoms with Crippen LogP contribution < -0.4 is 10.1 Å². The van der Waals surface area contributed by atoms with E-state index >= 15 is 0 Å². The Morgan fingerprint density at radius 3 is 2.58 bits per heavy atom. The molecular weight excluding hydrogens is 422 g/mol. The Labute approximate surface area is 181 Å². The molecule has 31 heavy (non-hydrogen) atoms. The molecule has 0 unspecified atom stereocenters. The highest BCUT2D eigenvalue weighted by Crippen LogP contribution is 2.28. The quantitative estimate of drug-likeness (QED) is 0.536. The number of rotatable bonds is 6. The Morgan fingerprint density at radius 2 is 1.94 bits per heavy atom.